The van der Waals surface area contributed by atoms with Crippen LogP contribution in [0.2, 0.25) is 0 Å². The number of rotatable bonds is 5. The van der Waals surface area contributed by atoms with Crippen LogP contribution in [0.4, 0.5) is 4.39 Å². The largest absolute Gasteiger partial charge is 0.393 e. The molecule has 0 spiro atoms. The van der Waals surface area contributed by atoms with Crippen LogP contribution in [0.3, 0.4) is 0 Å². The third kappa shape index (κ3) is 3.51. The molecule has 0 amide bonds. The van der Waals surface area contributed by atoms with Crippen LogP contribution in [0, 0.1) is 11.7 Å². The SMILES string of the molecule is OC(CNCC1CCCC1O)c1cccc(F)c1. The second-order valence-electron chi connectivity index (χ2n) is 4.99. The van der Waals surface area contributed by atoms with Gasteiger partial charge in [0.1, 0.15) is 5.82 Å². The van der Waals surface area contributed by atoms with Gasteiger partial charge < -0.3 is 15.5 Å². The van der Waals surface area contributed by atoms with Gasteiger partial charge in [0.05, 0.1) is 12.2 Å². The van der Waals surface area contributed by atoms with E-state index < -0.39 is 6.10 Å². The summed E-state index contributed by atoms with van der Waals surface area (Å²) in [5.74, 6) is -0.0533. The van der Waals surface area contributed by atoms with E-state index in [2.05, 4.69) is 5.32 Å². The summed E-state index contributed by atoms with van der Waals surface area (Å²) in [6, 6.07) is 6.00. The minimum Gasteiger partial charge on any atom is -0.393 e. The van der Waals surface area contributed by atoms with Gasteiger partial charge in [0.25, 0.3) is 0 Å². The summed E-state index contributed by atoms with van der Waals surface area (Å²) in [7, 11) is 0. The van der Waals surface area contributed by atoms with Gasteiger partial charge in [-0.3, -0.25) is 0 Å². The van der Waals surface area contributed by atoms with Crippen LogP contribution in [0.1, 0.15) is 30.9 Å². The molecule has 100 valence electrons. The van der Waals surface area contributed by atoms with Crippen molar-refractivity contribution in [1.29, 1.82) is 0 Å². The standard InChI is InChI=1S/C14H20FNO2/c15-12-5-1-3-10(7-12)14(18)9-16-8-11-4-2-6-13(11)17/h1,3,5,7,11,13-14,16-18H,2,4,6,8-9H2. The van der Waals surface area contributed by atoms with E-state index in [0.29, 0.717) is 18.7 Å². The van der Waals surface area contributed by atoms with Crippen molar-refractivity contribution >= 4 is 0 Å². The van der Waals surface area contributed by atoms with Gasteiger partial charge in [-0.1, -0.05) is 18.6 Å². The monoisotopic (exact) mass is 253 g/mol. The summed E-state index contributed by atoms with van der Waals surface area (Å²) in [5, 5.41) is 22.7. The Morgan fingerprint density at radius 3 is 2.89 bits per heavy atom. The normalized spacial score (nSPS) is 25.3. The van der Waals surface area contributed by atoms with Gasteiger partial charge in [-0.15, -0.1) is 0 Å². The predicted molar refractivity (Wildman–Crippen MR) is 67.6 cm³/mol. The fourth-order valence-corrected chi connectivity index (χ4v) is 2.49. The number of nitrogens with one attached hydrogen (secondary N) is 1. The molecular weight excluding hydrogens is 233 g/mol. The first-order valence-corrected chi connectivity index (χ1v) is 6.49. The first-order chi connectivity index (χ1) is 8.66. The number of hydrogen-bond acceptors (Lipinski definition) is 3. The van der Waals surface area contributed by atoms with Crippen molar-refractivity contribution in [1.82, 2.24) is 5.32 Å². The Bertz CT molecular complexity index is 386. The average Bonchev–Trinajstić information content (AvgIpc) is 2.75. The Labute approximate surface area is 107 Å². The lowest BCUT2D eigenvalue weighted by atomic mass is 10.1. The molecule has 0 aromatic heterocycles. The smallest absolute Gasteiger partial charge is 0.123 e. The number of benzene rings is 1. The van der Waals surface area contributed by atoms with E-state index in [9.17, 15) is 14.6 Å². The van der Waals surface area contributed by atoms with Gasteiger partial charge in [0.2, 0.25) is 0 Å². The highest BCUT2D eigenvalue weighted by atomic mass is 19.1. The zero-order chi connectivity index (χ0) is 13.0. The van der Waals surface area contributed by atoms with Crippen molar-refractivity contribution in [2.24, 2.45) is 5.92 Å². The van der Waals surface area contributed by atoms with Crippen molar-refractivity contribution in [2.45, 2.75) is 31.5 Å². The van der Waals surface area contributed by atoms with Gasteiger partial charge in [0, 0.05) is 13.1 Å². The number of aliphatic hydroxyl groups excluding tert-OH is 2. The maximum atomic E-state index is 13.0. The zero-order valence-electron chi connectivity index (χ0n) is 10.3. The third-order valence-corrected chi connectivity index (χ3v) is 3.60. The Hall–Kier alpha value is -0.970. The van der Waals surface area contributed by atoms with Gasteiger partial charge in [-0.2, -0.15) is 0 Å². The van der Waals surface area contributed by atoms with E-state index >= 15 is 0 Å². The molecule has 0 heterocycles. The molecule has 1 aliphatic rings. The average molecular weight is 253 g/mol. The van der Waals surface area contributed by atoms with Crippen molar-refractivity contribution in [3.63, 3.8) is 0 Å². The number of aliphatic hydroxyl groups is 2. The van der Waals surface area contributed by atoms with Crippen molar-refractivity contribution in [3.8, 4) is 0 Å². The van der Waals surface area contributed by atoms with E-state index in [1.165, 1.54) is 12.1 Å². The van der Waals surface area contributed by atoms with E-state index in [1.807, 2.05) is 0 Å². The molecule has 3 N–H and O–H groups in total. The summed E-state index contributed by atoms with van der Waals surface area (Å²) in [4.78, 5) is 0. The van der Waals surface area contributed by atoms with E-state index in [4.69, 9.17) is 0 Å². The van der Waals surface area contributed by atoms with Crippen LogP contribution >= 0.6 is 0 Å². The zero-order valence-corrected chi connectivity index (χ0v) is 10.3. The van der Waals surface area contributed by atoms with Crippen LogP contribution in [0.15, 0.2) is 24.3 Å². The van der Waals surface area contributed by atoms with Crippen molar-refractivity contribution in [2.75, 3.05) is 13.1 Å². The van der Waals surface area contributed by atoms with Gasteiger partial charge in [-0.05, 0) is 36.5 Å². The summed E-state index contributed by atoms with van der Waals surface area (Å²) in [6.45, 7) is 1.08. The summed E-state index contributed by atoms with van der Waals surface area (Å²) >= 11 is 0. The molecule has 1 aliphatic carbocycles. The van der Waals surface area contributed by atoms with Crippen molar-refractivity contribution in [3.05, 3.63) is 35.6 Å². The molecule has 1 aromatic rings. The van der Waals surface area contributed by atoms with Gasteiger partial charge in [0.15, 0.2) is 0 Å². The first kappa shape index (κ1) is 13.5. The van der Waals surface area contributed by atoms with Gasteiger partial charge in [-0.25, -0.2) is 4.39 Å². The fourth-order valence-electron chi connectivity index (χ4n) is 2.49. The van der Waals surface area contributed by atoms with Crippen LogP contribution in [-0.2, 0) is 0 Å². The molecule has 18 heavy (non-hydrogen) atoms. The quantitative estimate of drug-likeness (QED) is 0.747. The lowest BCUT2D eigenvalue weighted by molar-refractivity contribution is 0.124. The highest BCUT2D eigenvalue weighted by Crippen LogP contribution is 2.24. The molecular formula is C14H20FNO2. The fraction of sp³-hybridized carbons (Fsp3) is 0.571. The number of hydrogen-bond donors (Lipinski definition) is 3. The molecule has 0 bridgehead atoms. The molecule has 1 fully saturated rings. The minimum absolute atomic E-state index is 0.219. The Balaban J connectivity index is 1.76. The molecule has 0 radical (unpaired) electrons. The van der Waals surface area contributed by atoms with Crippen LogP contribution in [0.25, 0.3) is 0 Å². The predicted octanol–water partition coefficient (Wildman–Crippen LogP) is 1.61. The van der Waals surface area contributed by atoms with Crippen LogP contribution < -0.4 is 5.32 Å². The van der Waals surface area contributed by atoms with E-state index in [1.54, 1.807) is 12.1 Å². The molecule has 1 saturated carbocycles. The molecule has 3 unspecified atom stereocenters. The molecule has 0 saturated heterocycles. The summed E-state index contributed by atoms with van der Waals surface area (Å²) < 4.78 is 13.0. The maximum absolute atomic E-state index is 13.0. The van der Waals surface area contributed by atoms with Gasteiger partial charge >= 0.3 is 0 Å². The first-order valence-electron chi connectivity index (χ1n) is 6.49. The van der Waals surface area contributed by atoms with Crippen LogP contribution in [0.5, 0.6) is 0 Å². The summed E-state index contributed by atoms with van der Waals surface area (Å²) in [5.41, 5.74) is 0.578. The second-order valence-corrected chi connectivity index (χ2v) is 4.99. The molecule has 2 rings (SSSR count). The lowest BCUT2D eigenvalue weighted by Gasteiger charge is -2.17. The lowest BCUT2D eigenvalue weighted by Crippen LogP contribution is -2.30. The maximum Gasteiger partial charge on any atom is 0.123 e. The minimum atomic E-state index is -0.709. The molecule has 3 atom stereocenters. The molecule has 4 heteroatoms. The highest BCUT2D eigenvalue weighted by molar-refractivity contribution is 5.18. The number of halogens is 1. The molecule has 1 aromatic carbocycles. The topological polar surface area (TPSA) is 52.5 Å². The Morgan fingerprint density at radius 1 is 1.39 bits per heavy atom. The van der Waals surface area contributed by atoms with Crippen LogP contribution in [-0.4, -0.2) is 29.4 Å². The third-order valence-electron chi connectivity index (χ3n) is 3.60. The summed E-state index contributed by atoms with van der Waals surface area (Å²) in [6.07, 6.45) is 2.05. The molecule has 3 nitrogen and oxygen atoms in total. The molecule has 0 aliphatic heterocycles. The Morgan fingerprint density at radius 2 is 2.22 bits per heavy atom. The Kier molecular flexibility index (Phi) is 4.69. The van der Waals surface area contributed by atoms with Crippen molar-refractivity contribution < 1.29 is 14.6 Å². The second kappa shape index (κ2) is 6.27. The van der Waals surface area contributed by atoms with E-state index in [0.717, 1.165) is 19.3 Å². The highest BCUT2D eigenvalue weighted by Gasteiger charge is 2.24. The van der Waals surface area contributed by atoms with E-state index in [-0.39, 0.29) is 17.8 Å².